The molecular formula is C15H14O. The van der Waals surface area contributed by atoms with Crippen molar-refractivity contribution in [2.24, 2.45) is 0 Å². The van der Waals surface area contributed by atoms with Crippen LogP contribution in [0.4, 0.5) is 0 Å². The zero-order valence-corrected chi connectivity index (χ0v) is 9.31. The fraction of sp³-hybridized carbons (Fsp3) is 0.0667. The molecule has 0 saturated heterocycles. The molecule has 0 saturated carbocycles. The second-order valence-corrected chi connectivity index (χ2v) is 3.50. The molecule has 1 heteroatoms. The summed E-state index contributed by atoms with van der Waals surface area (Å²) in [6, 6.07) is 7.97. The van der Waals surface area contributed by atoms with Gasteiger partial charge in [0.2, 0.25) is 0 Å². The third kappa shape index (κ3) is 1.98. The largest absolute Gasteiger partial charge is 0.456 e. The third-order valence-corrected chi connectivity index (χ3v) is 2.40. The van der Waals surface area contributed by atoms with Crippen LogP contribution in [-0.2, 0) is 0 Å². The van der Waals surface area contributed by atoms with Gasteiger partial charge in [-0.05, 0) is 19.1 Å². The van der Waals surface area contributed by atoms with Crippen LogP contribution in [0.5, 0.6) is 5.75 Å². The summed E-state index contributed by atoms with van der Waals surface area (Å²) in [6.07, 6.45) is 9.78. The first-order chi connectivity index (χ1) is 7.85. The predicted molar refractivity (Wildman–Crippen MR) is 68.1 cm³/mol. The van der Waals surface area contributed by atoms with Crippen molar-refractivity contribution in [3.05, 3.63) is 72.0 Å². The highest BCUT2D eigenvalue weighted by atomic mass is 16.5. The molecule has 0 atom stereocenters. The van der Waals surface area contributed by atoms with Gasteiger partial charge in [0, 0.05) is 11.1 Å². The van der Waals surface area contributed by atoms with Crippen LogP contribution in [0.15, 0.2) is 66.5 Å². The van der Waals surface area contributed by atoms with Crippen LogP contribution < -0.4 is 4.74 Å². The molecule has 0 unspecified atom stereocenters. The molecule has 0 spiro atoms. The van der Waals surface area contributed by atoms with Crippen LogP contribution >= 0.6 is 0 Å². The van der Waals surface area contributed by atoms with E-state index in [-0.39, 0.29) is 0 Å². The molecule has 1 aromatic rings. The zero-order valence-electron chi connectivity index (χ0n) is 9.31. The average molecular weight is 210 g/mol. The van der Waals surface area contributed by atoms with E-state index in [4.69, 9.17) is 4.74 Å². The number of hydrogen-bond donors (Lipinski definition) is 0. The first-order valence-electron chi connectivity index (χ1n) is 5.29. The Hall–Kier alpha value is -2.02. The van der Waals surface area contributed by atoms with E-state index in [9.17, 15) is 0 Å². The molecule has 0 N–H and O–H groups in total. The average Bonchev–Trinajstić information content (AvgIpc) is 2.48. The van der Waals surface area contributed by atoms with Crippen LogP contribution in [0.25, 0.3) is 6.08 Å². The summed E-state index contributed by atoms with van der Waals surface area (Å²) in [6.45, 7) is 5.77. The lowest BCUT2D eigenvalue weighted by Crippen LogP contribution is -1.95. The van der Waals surface area contributed by atoms with Crippen LogP contribution in [0.3, 0.4) is 0 Å². The molecule has 0 amide bonds. The summed E-state index contributed by atoms with van der Waals surface area (Å²) in [5.41, 5.74) is 2.08. The Bertz CT molecular complexity index is 490. The van der Waals surface area contributed by atoms with Gasteiger partial charge in [0.25, 0.3) is 0 Å². The van der Waals surface area contributed by atoms with Gasteiger partial charge in [-0.25, -0.2) is 0 Å². The van der Waals surface area contributed by atoms with Gasteiger partial charge in [0.15, 0.2) is 0 Å². The molecule has 2 rings (SSSR count). The SMILES string of the molecule is C=CC1=C(/C=C\C)Oc2ccccc2C=C1. The first kappa shape index (κ1) is 10.5. The van der Waals surface area contributed by atoms with Crippen LogP contribution in [-0.4, -0.2) is 0 Å². The standard InChI is InChI=1S/C15H14O/c1-3-7-14-12(4-2)10-11-13-8-5-6-9-15(13)16-14/h3-11H,2H2,1H3/b7-3-. The van der Waals surface area contributed by atoms with E-state index in [0.29, 0.717) is 0 Å². The van der Waals surface area contributed by atoms with Gasteiger partial charge in [0.05, 0.1) is 0 Å². The number of ether oxygens (including phenoxy) is 1. The van der Waals surface area contributed by atoms with Crippen molar-refractivity contribution in [3.63, 3.8) is 0 Å². The molecule has 80 valence electrons. The number of allylic oxidation sites excluding steroid dienone is 5. The molecule has 1 aliphatic heterocycles. The number of rotatable bonds is 2. The van der Waals surface area contributed by atoms with Crippen molar-refractivity contribution < 1.29 is 4.74 Å². The number of para-hydroxylation sites is 1. The Morgan fingerprint density at radius 1 is 1.19 bits per heavy atom. The molecule has 1 heterocycles. The minimum absolute atomic E-state index is 0.832. The maximum absolute atomic E-state index is 5.86. The van der Waals surface area contributed by atoms with Gasteiger partial charge in [-0.2, -0.15) is 0 Å². The van der Waals surface area contributed by atoms with Gasteiger partial charge in [-0.3, -0.25) is 0 Å². The fourth-order valence-electron chi connectivity index (χ4n) is 1.60. The predicted octanol–water partition coefficient (Wildman–Crippen LogP) is 4.11. The van der Waals surface area contributed by atoms with Crippen LogP contribution in [0, 0.1) is 0 Å². The van der Waals surface area contributed by atoms with Crippen molar-refractivity contribution >= 4 is 6.08 Å². The molecule has 0 aromatic heterocycles. The Morgan fingerprint density at radius 3 is 2.75 bits per heavy atom. The number of hydrogen-bond acceptors (Lipinski definition) is 1. The smallest absolute Gasteiger partial charge is 0.134 e. The van der Waals surface area contributed by atoms with Crippen molar-refractivity contribution in [1.82, 2.24) is 0 Å². The lowest BCUT2D eigenvalue weighted by atomic mass is 10.1. The second-order valence-electron chi connectivity index (χ2n) is 3.50. The molecule has 0 bridgehead atoms. The maximum Gasteiger partial charge on any atom is 0.134 e. The molecule has 16 heavy (non-hydrogen) atoms. The summed E-state index contributed by atoms with van der Waals surface area (Å²) >= 11 is 0. The highest BCUT2D eigenvalue weighted by Gasteiger charge is 2.08. The summed E-state index contributed by atoms with van der Waals surface area (Å²) in [4.78, 5) is 0. The molecule has 0 radical (unpaired) electrons. The van der Waals surface area contributed by atoms with Crippen molar-refractivity contribution in [2.45, 2.75) is 6.92 Å². The van der Waals surface area contributed by atoms with Crippen molar-refractivity contribution in [1.29, 1.82) is 0 Å². The third-order valence-electron chi connectivity index (χ3n) is 2.40. The van der Waals surface area contributed by atoms with Gasteiger partial charge in [-0.15, -0.1) is 0 Å². The molecule has 1 aliphatic rings. The minimum atomic E-state index is 0.832. The van der Waals surface area contributed by atoms with E-state index in [0.717, 1.165) is 22.6 Å². The van der Waals surface area contributed by atoms with Gasteiger partial charge >= 0.3 is 0 Å². The van der Waals surface area contributed by atoms with Gasteiger partial charge in [0.1, 0.15) is 11.5 Å². The minimum Gasteiger partial charge on any atom is -0.456 e. The summed E-state index contributed by atoms with van der Waals surface area (Å²) in [5.74, 6) is 1.71. The zero-order chi connectivity index (χ0) is 11.4. The van der Waals surface area contributed by atoms with E-state index in [1.807, 2.05) is 55.5 Å². The van der Waals surface area contributed by atoms with Crippen LogP contribution in [0.1, 0.15) is 12.5 Å². The van der Waals surface area contributed by atoms with E-state index < -0.39 is 0 Å². The molecule has 1 aromatic carbocycles. The summed E-state index contributed by atoms with van der Waals surface area (Å²) < 4.78 is 5.86. The van der Waals surface area contributed by atoms with Crippen molar-refractivity contribution in [2.75, 3.05) is 0 Å². The molecule has 0 aliphatic carbocycles. The number of benzene rings is 1. The van der Waals surface area contributed by atoms with Gasteiger partial charge in [-0.1, -0.05) is 49.1 Å². The van der Waals surface area contributed by atoms with E-state index in [2.05, 4.69) is 6.58 Å². The highest BCUT2D eigenvalue weighted by Crippen LogP contribution is 2.27. The van der Waals surface area contributed by atoms with E-state index in [1.54, 1.807) is 6.08 Å². The second kappa shape index (κ2) is 4.67. The van der Waals surface area contributed by atoms with E-state index >= 15 is 0 Å². The Labute approximate surface area is 96.1 Å². The number of fused-ring (bicyclic) bond motifs is 1. The molecule has 1 nitrogen and oxygen atoms in total. The maximum atomic E-state index is 5.86. The highest BCUT2D eigenvalue weighted by molar-refractivity contribution is 5.63. The van der Waals surface area contributed by atoms with Crippen molar-refractivity contribution in [3.8, 4) is 5.75 Å². The lowest BCUT2D eigenvalue weighted by molar-refractivity contribution is 0.441. The molecule has 0 fully saturated rings. The Balaban J connectivity index is 2.50. The van der Waals surface area contributed by atoms with Crippen LogP contribution in [0.2, 0.25) is 0 Å². The normalized spacial score (nSPS) is 14.6. The summed E-state index contributed by atoms with van der Waals surface area (Å²) in [5, 5.41) is 0. The fourth-order valence-corrected chi connectivity index (χ4v) is 1.60. The first-order valence-corrected chi connectivity index (χ1v) is 5.29. The Morgan fingerprint density at radius 2 is 2.00 bits per heavy atom. The van der Waals surface area contributed by atoms with E-state index in [1.165, 1.54) is 0 Å². The quantitative estimate of drug-likeness (QED) is 0.713. The summed E-state index contributed by atoms with van der Waals surface area (Å²) in [7, 11) is 0. The lowest BCUT2D eigenvalue weighted by Gasteiger charge is -2.08. The Kier molecular flexibility index (Phi) is 3.06. The van der Waals surface area contributed by atoms with Gasteiger partial charge < -0.3 is 4.74 Å². The molecular weight excluding hydrogens is 196 g/mol. The monoisotopic (exact) mass is 210 g/mol. The topological polar surface area (TPSA) is 9.23 Å².